The predicted molar refractivity (Wildman–Crippen MR) is 110 cm³/mol. The quantitative estimate of drug-likeness (QED) is 0.525. The summed E-state index contributed by atoms with van der Waals surface area (Å²) >= 11 is 0. The third-order valence-corrected chi connectivity index (χ3v) is 4.85. The molecule has 0 aliphatic rings. The van der Waals surface area contributed by atoms with Crippen LogP contribution >= 0.6 is 0 Å². The number of rotatable bonds is 7. The molecule has 0 bridgehead atoms. The van der Waals surface area contributed by atoms with Gasteiger partial charge in [-0.05, 0) is 44.0 Å². The van der Waals surface area contributed by atoms with Crippen LogP contribution in [0.1, 0.15) is 37.9 Å². The number of carbonyl (C=O) groups is 2. The van der Waals surface area contributed by atoms with E-state index in [0.717, 1.165) is 0 Å². The van der Waals surface area contributed by atoms with Crippen molar-refractivity contribution >= 4 is 22.2 Å². The summed E-state index contributed by atoms with van der Waals surface area (Å²) in [6.45, 7) is 5.09. The van der Waals surface area contributed by atoms with Crippen molar-refractivity contribution in [3.63, 3.8) is 0 Å². The van der Waals surface area contributed by atoms with Gasteiger partial charge in [0, 0.05) is 0 Å². The molecule has 30 heavy (non-hydrogen) atoms. The molecule has 1 atom stereocenters. The van der Waals surface area contributed by atoms with E-state index in [1.54, 1.807) is 51.1 Å². The zero-order chi connectivity index (χ0) is 22.4. The van der Waals surface area contributed by atoms with Crippen molar-refractivity contribution in [2.45, 2.75) is 38.2 Å². The molecule has 0 radical (unpaired) electrons. The number of alkyl carbamates (subject to hydrolysis) is 1. The Morgan fingerprint density at radius 1 is 1.00 bits per heavy atom. The maximum Gasteiger partial charge on any atom is 0.408 e. The van der Waals surface area contributed by atoms with Crippen LogP contribution in [-0.2, 0) is 30.1 Å². The fourth-order valence-electron chi connectivity index (χ4n) is 2.49. The van der Waals surface area contributed by atoms with E-state index in [1.807, 2.05) is 0 Å². The van der Waals surface area contributed by atoms with Crippen LogP contribution in [0, 0.1) is 0 Å². The summed E-state index contributed by atoms with van der Waals surface area (Å²) in [5, 5.41) is 2.45. The molecule has 8 nitrogen and oxygen atoms in total. The molecule has 0 spiro atoms. The van der Waals surface area contributed by atoms with E-state index in [2.05, 4.69) is 5.32 Å². The summed E-state index contributed by atoms with van der Waals surface area (Å²) in [5.74, 6) is -0.901. The number of benzene rings is 2. The molecule has 2 aromatic carbocycles. The molecule has 0 fully saturated rings. The Bertz CT molecular complexity index is 965. The van der Waals surface area contributed by atoms with Gasteiger partial charge in [-0.3, -0.25) is 0 Å². The summed E-state index contributed by atoms with van der Waals surface area (Å²) in [7, 11) is -2.67. The average Bonchev–Trinajstić information content (AvgIpc) is 2.65. The summed E-state index contributed by atoms with van der Waals surface area (Å²) in [6.07, 6.45) is -0.788. The maximum absolute atomic E-state index is 12.3. The number of hydrogen-bond donors (Lipinski definition) is 1. The van der Waals surface area contributed by atoms with Gasteiger partial charge in [0.05, 0.1) is 7.11 Å². The minimum Gasteiger partial charge on any atom is -0.467 e. The summed E-state index contributed by atoms with van der Waals surface area (Å²) in [4.78, 5) is 24.2. The van der Waals surface area contributed by atoms with Crippen LogP contribution < -0.4 is 9.50 Å². The highest BCUT2D eigenvalue weighted by atomic mass is 32.2. The Labute approximate surface area is 176 Å². The molecule has 162 valence electrons. The summed E-state index contributed by atoms with van der Waals surface area (Å²) in [6, 6.07) is 13.2. The summed E-state index contributed by atoms with van der Waals surface area (Å²) in [5.41, 5.74) is 0.234. The molecular weight excluding hydrogens is 410 g/mol. The topological polar surface area (TPSA) is 108 Å². The monoisotopic (exact) mass is 435 g/mol. The highest BCUT2D eigenvalue weighted by Gasteiger charge is 2.26. The smallest absolute Gasteiger partial charge is 0.408 e. The van der Waals surface area contributed by atoms with E-state index in [1.165, 1.54) is 31.4 Å². The number of methoxy groups -OCH3 is 1. The van der Waals surface area contributed by atoms with Gasteiger partial charge in [0.15, 0.2) is 6.04 Å². The lowest BCUT2D eigenvalue weighted by molar-refractivity contribution is -0.143. The van der Waals surface area contributed by atoms with E-state index < -0.39 is 33.8 Å². The molecule has 1 N–H and O–H groups in total. The molecule has 1 unspecified atom stereocenters. The Hall–Kier alpha value is -3.07. The van der Waals surface area contributed by atoms with Gasteiger partial charge < -0.3 is 19.0 Å². The number of hydrogen-bond acceptors (Lipinski definition) is 7. The molecule has 0 saturated carbocycles. The number of nitrogens with one attached hydrogen (secondary N) is 1. The van der Waals surface area contributed by atoms with Crippen molar-refractivity contribution in [3.05, 3.63) is 65.7 Å². The van der Waals surface area contributed by atoms with Gasteiger partial charge in [-0.25, -0.2) is 9.59 Å². The maximum atomic E-state index is 12.3. The largest absolute Gasteiger partial charge is 0.467 e. The van der Waals surface area contributed by atoms with Crippen molar-refractivity contribution < 1.29 is 31.7 Å². The second-order valence-electron chi connectivity index (χ2n) is 7.44. The third kappa shape index (κ3) is 7.40. The zero-order valence-electron chi connectivity index (χ0n) is 17.2. The average molecular weight is 435 g/mol. The SMILES string of the molecule is COC(=O)C(NC(=O)OC(C)(C)C)c1ccc(OS(=O)(=O)Cc2ccccc2)cc1. The standard InChI is InChI=1S/C21H25NO7S/c1-21(2,3)28-20(24)22-18(19(23)27-4)16-10-12-17(13-11-16)29-30(25,26)14-15-8-6-5-7-9-15/h5-13,18H,14H2,1-4H3,(H,22,24). The van der Waals surface area contributed by atoms with Crippen molar-refractivity contribution in [3.8, 4) is 5.75 Å². The summed E-state index contributed by atoms with van der Waals surface area (Å²) < 4.78 is 39.5. The van der Waals surface area contributed by atoms with Crippen molar-refractivity contribution in [1.82, 2.24) is 5.32 Å². The van der Waals surface area contributed by atoms with Crippen LogP contribution in [0.3, 0.4) is 0 Å². The molecule has 0 aromatic heterocycles. The molecular formula is C21H25NO7S. The second-order valence-corrected chi connectivity index (χ2v) is 9.01. The molecule has 0 saturated heterocycles. The minimum atomic E-state index is -3.86. The van der Waals surface area contributed by atoms with Gasteiger partial charge in [0.25, 0.3) is 0 Å². The Morgan fingerprint density at radius 2 is 1.60 bits per heavy atom. The van der Waals surface area contributed by atoms with E-state index in [9.17, 15) is 18.0 Å². The van der Waals surface area contributed by atoms with Gasteiger partial charge in [0.2, 0.25) is 0 Å². The molecule has 0 heterocycles. The van der Waals surface area contributed by atoms with Crippen LogP contribution in [-0.4, -0.2) is 33.2 Å². The van der Waals surface area contributed by atoms with E-state index >= 15 is 0 Å². The number of esters is 1. The van der Waals surface area contributed by atoms with Crippen LogP contribution in [0.5, 0.6) is 5.75 Å². The van der Waals surface area contributed by atoms with Crippen LogP contribution in [0.25, 0.3) is 0 Å². The van der Waals surface area contributed by atoms with Gasteiger partial charge in [-0.2, -0.15) is 8.42 Å². The van der Waals surface area contributed by atoms with Gasteiger partial charge in [0.1, 0.15) is 17.1 Å². The Balaban J connectivity index is 2.12. The first-order chi connectivity index (χ1) is 14.0. The number of ether oxygens (including phenoxy) is 2. The van der Waals surface area contributed by atoms with Crippen LogP contribution in [0.2, 0.25) is 0 Å². The molecule has 0 aliphatic carbocycles. The van der Waals surface area contributed by atoms with Crippen LogP contribution in [0.4, 0.5) is 4.79 Å². The van der Waals surface area contributed by atoms with Crippen LogP contribution in [0.15, 0.2) is 54.6 Å². The predicted octanol–water partition coefficient (Wildman–Crippen LogP) is 3.33. The van der Waals surface area contributed by atoms with Gasteiger partial charge >= 0.3 is 22.2 Å². The molecule has 1 amide bonds. The van der Waals surface area contributed by atoms with E-state index in [-0.39, 0.29) is 11.5 Å². The Morgan fingerprint density at radius 3 is 2.13 bits per heavy atom. The first-order valence-electron chi connectivity index (χ1n) is 9.12. The molecule has 9 heteroatoms. The number of amides is 1. The zero-order valence-corrected chi connectivity index (χ0v) is 18.1. The lowest BCUT2D eigenvalue weighted by atomic mass is 10.1. The fourth-order valence-corrected chi connectivity index (χ4v) is 3.56. The van der Waals surface area contributed by atoms with E-state index in [0.29, 0.717) is 11.1 Å². The van der Waals surface area contributed by atoms with Crippen molar-refractivity contribution in [2.24, 2.45) is 0 Å². The normalized spacial score (nSPS) is 12.5. The second kappa shape index (κ2) is 9.62. The fraction of sp³-hybridized carbons (Fsp3) is 0.333. The van der Waals surface area contributed by atoms with Gasteiger partial charge in [-0.15, -0.1) is 0 Å². The lowest BCUT2D eigenvalue weighted by Gasteiger charge is -2.22. The highest BCUT2D eigenvalue weighted by Crippen LogP contribution is 2.22. The lowest BCUT2D eigenvalue weighted by Crippen LogP contribution is -2.38. The van der Waals surface area contributed by atoms with Crippen molar-refractivity contribution in [2.75, 3.05) is 7.11 Å². The third-order valence-electron chi connectivity index (χ3n) is 3.72. The Kier molecular flexibility index (Phi) is 7.44. The first kappa shape index (κ1) is 23.2. The minimum absolute atomic E-state index is 0.0792. The van der Waals surface area contributed by atoms with E-state index in [4.69, 9.17) is 13.7 Å². The van der Waals surface area contributed by atoms with Crippen molar-refractivity contribution in [1.29, 1.82) is 0 Å². The van der Waals surface area contributed by atoms with Gasteiger partial charge in [-0.1, -0.05) is 42.5 Å². The highest BCUT2D eigenvalue weighted by molar-refractivity contribution is 7.86. The molecule has 0 aliphatic heterocycles. The molecule has 2 rings (SSSR count). The number of carbonyl (C=O) groups excluding carboxylic acids is 2. The first-order valence-corrected chi connectivity index (χ1v) is 10.7. The molecule has 2 aromatic rings.